The Morgan fingerprint density at radius 1 is 1.10 bits per heavy atom. The van der Waals surface area contributed by atoms with Gasteiger partial charge in [0.15, 0.2) is 0 Å². The minimum atomic E-state index is -0.152. The number of nitrogens with zero attached hydrogens (tertiary/aromatic N) is 4. The van der Waals surface area contributed by atoms with Gasteiger partial charge in [-0.1, -0.05) is 17.7 Å². The molecule has 1 amide bonds. The van der Waals surface area contributed by atoms with Crippen molar-refractivity contribution >= 4 is 23.3 Å². The molecule has 1 aromatic heterocycles. The summed E-state index contributed by atoms with van der Waals surface area (Å²) in [4.78, 5) is 23.8. The van der Waals surface area contributed by atoms with E-state index in [-0.39, 0.29) is 5.91 Å². The molecule has 0 unspecified atom stereocenters. The number of hydrogen-bond donors (Lipinski definition) is 0. The van der Waals surface area contributed by atoms with E-state index in [0.717, 1.165) is 51.4 Å². The summed E-state index contributed by atoms with van der Waals surface area (Å²) in [6.07, 6.45) is 5.11. The van der Waals surface area contributed by atoms with Gasteiger partial charge in [-0.15, -0.1) is 0 Å². The molecule has 0 N–H and O–H groups in total. The summed E-state index contributed by atoms with van der Waals surface area (Å²) in [5, 5.41) is 0.296. The minimum Gasteiger partial charge on any atom is -0.497 e. The number of halogens is 1. The number of ether oxygens (including phenoxy) is 2. The summed E-state index contributed by atoms with van der Waals surface area (Å²) >= 11 is 6.34. The Bertz CT molecular complexity index is 930. The van der Waals surface area contributed by atoms with E-state index in [1.807, 2.05) is 18.3 Å². The van der Waals surface area contributed by atoms with Crippen LogP contribution >= 0.6 is 11.6 Å². The molecule has 0 radical (unpaired) electrons. The van der Waals surface area contributed by atoms with Gasteiger partial charge in [0.1, 0.15) is 28.7 Å². The maximum absolute atomic E-state index is 13.0. The highest BCUT2D eigenvalue weighted by Gasteiger charge is 2.26. The first-order chi connectivity index (χ1) is 15.2. The molecule has 4 rings (SSSR count). The second-order valence-corrected chi connectivity index (χ2v) is 7.99. The van der Waals surface area contributed by atoms with Crippen molar-refractivity contribution in [2.24, 2.45) is 0 Å². The van der Waals surface area contributed by atoms with Crippen LogP contribution in [0.5, 0.6) is 11.5 Å². The fourth-order valence-electron chi connectivity index (χ4n) is 3.88. The molecule has 0 bridgehead atoms. The molecule has 2 aliphatic rings. The third-order valence-corrected chi connectivity index (χ3v) is 5.95. The van der Waals surface area contributed by atoms with Gasteiger partial charge < -0.3 is 14.4 Å². The quantitative estimate of drug-likeness (QED) is 0.482. The monoisotopic (exact) mass is 442 g/mol. The maximum atomic E-state index is 13.0. The molecule has 0 saturated carbocycles. The second-order valence-electron chi connectivity index (χ2n) is 7.60. The van der Waals surface area contributed by atoms with E-state index in [1.54, 1.807) is 30.2 Å². The molecule has 2 aliphatic heterocycles. The van der Waals surface area contributed by atoms with Crippen LogP contribution in [-0.4, -0.2) is 67.1 Å². The molecule has 0 spiro atoms. The standard InChI is InChI=1S/C23H27ClN4O3/c1-30-18-7-8-19-20(16-18)31-17-21(24)28(23(19)29)11-5-4-10-26-12-14-27(15-13-26)22-6-2-3-9-25-22/h2-3,6-9,16-17H,4-5,10-15H2,1H3. The first-order valence-electron chi connectivity index (χ1n) is 10.6. The van der Waals surface area contributed by atoms with Gasteiger partial charge in [0.25, 0.3) is 5.91 Å². The number of pyridine rings is 1. The van der Waals surface area contributed by atoms with Crippen molar-refractivity contribution < 1.29 is 14.3 Å². The number of amides is 1. The van der Waals surface area contributed by atoms with E-state index in [2.05, 4.69) is 20.9 Å². The highest BCUT2D eigenvalue weighted by molar-refractivity contribution is 6.30. The summed E-state index contributed by atoms with van der Waals surface area (Å²) in [5.41, 5.74) is 0.485. The van der Waals surface area contributed by atoms with Gasteiger partial charge in [0, 0.05) is 45.0 Å². The molecule has 31 heavy (non-hydrogen) atoms. The molecular formula is C23H27ClN4O3. The van der Waals surface area contributed by atoms with Gasteiger partial charge in [0.05, 0.1) is 12.7 Å². The lowest BCUT2D eigenvalue weighted by Crippen LogP contribution is -2.47. The highest BCUT2D eigenvalue weighted by atomic mass is 35.5. The number of piperazine rings is 1. The third kappa shape index (κ3) is 5.11. The van der Waals surface area contributed by atoms with Gasteiger partial charge in [-0.25, -0.2) is 4.98 Å². The van der Waals surface area contributed by atoms with Crippen LogP contribution in [0, 0.1) is 0 Å². The van der Waals surface area contributed by atoms with Gasteiger partial charge in [-0.2, -0.15) is 0 Å². The molecule has 1 saturated heterocycles. The zero-order valence-corrected chi connectivity index (χ0v) is 18.4. The fourth-order valence-corrected chi connectivity index (χ4v) is 4.08. The maximum Gasteiger partial charge on any atom is 0.262 e. The Hall–Kier alpha value is -2.77. The number of aromatic nitrogens is 1. The Balaban J connectivity index is 1.25. The number of hydrogen-bond acceptors (Lipinski definition) is 6. The second kappa shape index (κ2) is 10.0. The zero-order valence-electron chi connectivity index (χ0n) is 17.7. The van der Waals surface area contributed by atoms with Gasteiger partial charge >= 0.3 is 0 Å². The summed E-state index contributed by atoms with van der Waals surface area (Å²) in [6, 6.07) is 11.2. The lowest BCUT2D eigenvalue weighted by Gasteiger charge is -2.35. The zero-order chi connectivity index (χ0) is 21.6. The van der Waals surface area contributed by atoms with E-state index < -0.39 is 0 Å². The molecular weight excluding hydrogens is 416 g/mol. The van der Waals surface area contributed by atoms with Crippen molar-refractivity contribution in [3.05, 3.63) is 59.6 Å². The molecule has 1 aromatic carbocycles. The van der Waals surface area contributed by atoms with E-state index in [0.29, 0.717) is 28.8 Å². The van der Waals surface area contributed by atoms with E-state index >= 15 is 0 Å². The average Bonchev–Trinajstić information content (AvgIpc) is 2.93. The minimum absolute atomic E-state index is 0.152. The topological polar surface area (TPSA) is 58.1 Å². The average molecular weight is 443 g/mol. The number of benzene rings is 1. The number of anilines is 1. The van der Waals surface area contributed by atoms with Crippen molar-refractivity contribution in [3.8, 4) is 11.5 Å². The SMILES string of the molecule is COc1ccc2c(c1)OC=C(Cl)N(CCCCN1CCN(c3ccccn3)CC1)C2=O. The smallest absolute Gasteiger partial charge is 0.262 e. The number of carbonyl (C=O) groups excluding carboxylic acids is 1. The van der Waals surface area contributed by atoms with Crippen molar-refractivity contribution in [2.75, 3.05) is 51.3 Å². The molecule has 7 nitrogen and oxygen atoms in total. The predicted octanol–water partition coefficient (Wildman–Crippen LogP) is 3.56. The Morgan fingerprint density at radius 2 is 1.90 bits per heavy atom. The molecule has 1 fully saturated rings. The lowest BCUT2D eigenvalue weighted by molar-refractivity contribution is 0.0814. The number of methoxy groups -OCH3 is 1. The van der Waals surface area contributed by atoms with Crippen molar-refractivity contribution in [2.45, 2.75) is 12.8 Å². The fraction of sp³-hybridized carbons (Fsp3) is 0.391. The first kappa shape index (κ1) is 21.5. The third-order valence-electron chi connectivity index (χ3n) is 5.66. The van der Waals surface area contributed by atoms with Gasteiger partial charge in [-0.3, -0.25) is 14.6 Å². The van der Waals surface area contributed by atoms with Gasteiger partial charge in [0.2, 0.25) is 0 Å². The van der Waals surface area contributed by atoms with Crippen LogP contribution in [0.4, 0.5) is 5.82 Å². The summed E-state index contributed by atoms with van der Waals surface area (Å²) < 4.78 is 10.8. The Morgan fingerprint density at radius 3 is 2.65 bits per heavy atom. The van der Waals surface area contributed by atoms with Crippen molar-refractivity contribution in [3.63, 3.8) is 0 Å². The van der Waals surface area contributed by atoms with Crippen LogP contribution in [0.25, 0.3) is 0 Å². The van der Waals surface area contributed by atoms with Crippen LogP contribution in [0.15, 0.2) is 54.0 Å². The van der Waals surface area contributed by atoms with E-state index in [9.17, 15) is 4.79 Å². The highest BCUT2D eigenvalue weighted by Crippen LogP contribution is 2.31. The van der Waals surface area contributed by atoms with Crippen LogP contribution in [0.2, 0.25) is 0 Å². The normalized spacial score (nSPS) is 17.0. The van der Waals surface area contributed by atoms with Crippen LogP contribution in [0.3, 0.4) is 0 Å². The van der Waals surface area contributed by atoms with Crippen LogP contribution in [-0.2, 0) is 0 Å². The molecule has 8 heteroatoms. The van der Waals surface area contributed by atoms with Crippen molar-refractivity contribution in [1.29, 1.82) is 0 Å². The van der Waals surface area contributed by atoms with Crippen molar-refractivity contribution in [1.82, 2.24) is 14.8 Å². The Labute approximate surface area is 187 Å². The lowest BCUT2D eigenvalue weighted by atomic mass is 10.1. The number of fused-ring (bicyclic) bond motifs is 1. The van der Waals surface area contributed by atoms with Gasteiger partial charge in [-0.05, 0) is 43.7 Å². The van der Waals surface area contributed by atoms with E-state index in [1.165, 1.54) is 6.26 Å². The number of carbonyl (C=O) groups is 1. The molecule has 0 aliphatic carbocycles. The molecule has 0 atom stereocenters. The van der Waals surface area contributed by atoms with E-state index in [4.69, 9.17) is 21.1 Å². The first-order valence-corrected chi connectivity index (χ1v) is 10.9. The number of unbranched alkanes of at least 4 members (excludes halogenated alkanes) is 1. The molecule has 3 heterocycles. The molecule has 2 aromatic rings. The number of rotatable bonds is 7. The van der Waals surface area contributed by atoms with Crippen LogP contribution < -0.4 is 14.4 Å². The predicted molar refractivity (Wildman–Crippen MR) is 121 cm³/mol. The largest absolute Gasteiger partial charge is 0.497 e. The summed E-state index contributed by atoms with van der Waals surface area (Å²) in [6.45, 7) is 5.55. The summed E-state index contributed by atoms with van der Waals surface area (Å²) in [5.74, 6) is 1.98. The molecule has 164 valence electrons. The van der Waals surface area contributed by atoms with Crippen LogP contribution in [0.1, 0.15) is 23.2 Å². The summed E-state index contributed by atoms with van der Waals surface area (Å²) in [7, 11) is 1.58. The Kier molecular flexibility index (Phi) is 6.94.